The van der Waals surface area contributed by atoms with Crippen LogP contribution in [0.25, 0.3) is 10.8 Å². The van der Waals surface area contributed by atoms with Crippen LogP contribution in [0.3, 0.4) is 0 Å². The Kier molecular flexibility index (Phi) is 6.17. The molecule has 1 N–H and O–H groups in total. The molecule has 0 radical (unpaired) electrons. The zero-order valence-electron chi connectivity index (χ0n) is 18.6. The van der Waals surface area contributed by atoms with Gasteiger partial charge in [-0.05, 0) is 60.7 Å². The van der Waals surface area contributed by atoms with E-state index in [0.29, 0.717) is 18.7 Å². The van der Waals surface area contributed by atoms with Crippen molar-refractivity contribution in [1.29, 1.82) is 0 Å². The molecule has 3 aromatic carbocycles. The fourth-order valence-electron chi connectivity index (χ4n) is 4.37. The Labute approximate surface area is 188 Å². The fraction of sp³-hybridized carbons (Fsp3) is 0.333. The molecule has 1 unspecified atom stereocenters. The number of carboxylic acid groups (broad SMARTS) is 1. The van der Waals surface area contributed by atoms with E-state index >= 15 is 0 Å². The molecule has 1 heterocycles. The number of hydrogen-bond donors (Lipinski definition) is 1. The Morgan fingerprint density at radius 2 is 1.81 bits per heavy atom. The molecule has 1 amide bonds. The van der Waals surface area contributed by atoms with Crippen LogP contribution in [0.5, 0.6) is 5.75 Å². The van der Waals surface area contributed by atoms with Crippen molar-refractivity contribution in [3.63, 3.8) is 0 Å². The van der Waals surface area contributed by atoms with Crippen molar-refractivity contribution in [2.75, 3.05) is 13.1 Å². The van der Waals surface area contributed by atoms with E-state index in [1.807, 2.05) is 47.4 Å². The summed E-state index contributed by atoms with van der Waals surface area (Å²) < 4.78 is 5.71. The first-order chi connectivity index (χ1) is 15.3. The van der Waals surface area contributed by atoms with Crippen molar-refractivity contribution in [1.82, 2.24) is 4.90 Å². The molecule has 3 aromatic rings. The van der Waals surface area contributed by atoms with Gasteiger partial charge in [-0.2, -0.15) is 0 Å². The van der Waals surface area contributed by atoms with Crippen LogP contribution >= 0.6 is 0 Å². The van der Waals surface area contributed by atoms with Gasteiger partial charge in [0, 0.05) is 19.0 Å². The average molecular weight is 432 g/mol. The number of rotatable bonds is 6. The first kappa shape index (κ1) is 21.9. The number of nitrogens with zero attached hydrogens (tertiary/aromatic N) is 1. The molecule has 166 valence electrons. The van der Waals surface area contributed by atoms with E-state index in [0.717, 1.165) is 41.3 Å². The Hall–Kier alpha value is -3.34. The van der Waals surface area contributed by atoms with Gasteiger partial charge in [0.15, 0.2) is 5.60 Å². The highest BCUT2D eigenvalue weighted by atomic mass is 16.5. The van der Waals surface area contributed by atoms with E-state index in [1.165, 1.54) is 13.8 Å². The topological polar surface area (TPSA) is 66.8 Å². The molecule has 32 heavy (non-hydrogen) atoms. The maximum atomic E-state index is 13.2. The molecule has 0 bridgehead atoms. The largest absolute Gasteiger partial charge is 0.478 e. The molecule has 0 aromatic heterocycles. The second-order valence-corrected chi connectivity index (χ2v) is 8.98. The second kappa shape index (κ2) is 9.03. The molecule has 1 aliphatic heterocycles. The molecule has 0 spiro atoms. The van der Waals surface area contributed by atoms with Crippen LogP contribution in [0.4, 0.5) is 0 Å². The fourth-order valence-corrected chi connectivity index (χ4v) is 4.37. The van der Waals surface area contributed by atoms with Crippen molar-refractivity contribution < 1.29 is 19.4 Å². The maximum Gasteiger partial charge on any atom is 0.347 e. The van der Waals surface area contributed by atoms with Crippen molar-refractivity contribution in [2.45, 2.75) is 44.6 Å². The molecule has 5 heteroatoms. The monoisotopic (exact) mass is 431 g/mol. The van der Waals surface area contributed by atoms with Crippen LogP contribution in [0, 0.1) is 0 Å². The Balaban J connectivity index is 1.47. The summed E-state index contributed by atoms with van der Waals surface area (Å²) >= 11 is 0. The summed E-state index contributed by atoms with van der Waals surface area (Å²) in [6.07, 6.45) is 2.32. The summed E-state index contributed by atoms with van der Waals surface area (Å²) in [5, 5.41) is 11.6. The normalized spacial score (nSPS) is 16.7. The lowest BCUT2D eigenvalue weighted by molar-refractivity contribution is -0.152. The van der Waals surface area contributed by atoms with E-state index in [9.17, 15) is 14.7 Å². The molecular formula is C27H29NO4. The molecule has 0 aliphatic carbocycles. The lowest BCUT2D eigenvalue weighted by Crippen LogP contribution is -2.40. The highest BCUT2D eigenvalue weighted by Gasteiger charge is 2.30. The minimum atomic E-state index is -1.30. The number of benzene rings is 3. The predicted molar refractivity (Wildman–Crippen MR) is 125 cm³/mol. The summed E-state index contributed by atoms with van der Waals surface area (Å²) in [7, 11) is 0. The maximum absolute atomic E-state index is 13.2. The van der Waals surface area contributed by atoms with Crippen molar-refractivity contribution in [2.24, 2.45) is 0 Å². The van der Waals surface area contributed by atoms with Crippen LogP contribution < -0.4 is 4.74 Å². The second-order valence-electron chi connectivity index (χ2n) is 8.98. The van der Waals surface area contributed by atoms with Crippen molar-refractivity contribution in [3.05, 3.63) is 77.9 Å². The third-order valence-corrected chi connectivity index (χ3v) is 6.21. The Morgan fingerprint density at radius 1 is 1.06 bits per heavy atom. The van der Waals surface area contributed by atoms with Crippen molar-refractivity contribution >= 4 is 22.6 Å². The first-order valence-electron chi connectivity index (χ1n) is 11.1. The van der Waals surface area contributed by atoms with Crippen LogP contribution in [0.2, 0.25) is 0 Å². The summed E-state index contributed by atoms with van der Waals surface area (Å²) in [4.78, 5) is 26.5. The number of likely N-dealkylation sites (tertiary alicyclic amines) is 1. The van der Waals surface area contributed by atoms with E-state index in [2.05, 4.69) is 18.2 Å². The summed E-state index contributed by atoms with van der Waals surface area (Å²) in [6, 6.07) is 21.9. The van der Waals surface area contributed by atoms with Gasteiger partial charge >= 0.3 is 5.97 Å². The number of hydrogen-bond acceptors (Lipinski definition) is 3. The third kappa shape index (κ3) is 4.77. The lowest BCUT2D eigenvalue weighted by Gasteiger charge is -2.33. The Bertz CT molecular complexity index is 1130. The summed E-state index contributed by atoms with van der Waals surface area (Å²) in [6.45, 7) is 4.50. The standard InChI is InChI=1S/C27H29NO4/c1-27(2,26(30)31)32-23-13-6-10-20(16-23)22-12-7-15-28(18-22)25(29)17-21-11-5-9-19-8-3-4-14-24(19)21/h3-6,8-11,13-14,16,22H,7,12,15,17-18H2,1-2H3,(H,30,31). The van der Waals surface area contributed by atoms with Gasteiger partial charge in [-0.25, -0.2) is 4.79 Å². The van der Waals surface area contributed by atoms with Gasteiger partial charge in [0.2, 0.25) is 5.91 Å². The molecule has 4 rings (SSSR count). The smallest absolute Gasteiger partial charge is 0.347 e. The summed E-state index contributed by atoms with van der Waals surface area (Å²) in [5.74, 6) is -0.123. The van der Waals surface area contributed by atoms with Crippen LogP contribution in [0.15, 0.2) is 66.7 Å². The minimum Gasteiger partial charge on any atom is -0.478 e. The van der Waals surface area contributed by atoms with E-state index in [4.69, 9.17) is 4.74 Å². The third-order valence-electron chi connectivity index (χ3n) is 6.21. The van der Waals surface area contributed by atoms with Gasteiger partial charge in [0.1, 0.15) is 5.75 Å². The molecular weight excluding hydrogens is 402 g/mol. The van der Waals surface area contributed by atoms with Gasteiger partial charge in [-0.1, -0.05) is 54.6 Å². The van der Waals surface area contributed by atoms with Crippen LogP contribution in [-0.2, 0) is 16.0 Å². The number of fused-ring (bicyclic) bond motifs is 1. The highest BCUT2D eigenvalue weighted by molar-refractivity contribution is 5.90. The molecule has 1 aliphatic rings. The quantitative estimate of drug-likeness (QED) is 0.594. The zero-order valence-corrected chi connectivity index (χ0v) is 18.6. The number of amides is 1. The molecule has 1 saturated heterocycles. The number of carboxylic acids is 1. The summed E-state index contributed by atoms with van der Waals surface area (Å²) in [5.41, 5.74) is 0.832. The van der Waals surface area contributed by atoms with Gasteiger partial charge in [-0.3, -0.25) is 4.79 Å². The first-order valence-corrected chi connectivity index (χ1v) is 11.1. The van der Waals surface area contributed by atoms with E-state index in [-0.39, 0.29) is 11.8 Å². The van der Waals surface area contributed by atoms with Gasteiger partial charge in [0.05, 0.1) is 6.42 Å². The van der Waals surface area contributed by atoms with Gasteiger partial charge in [-0.15, -0.1) is 0 Å². The van der Waals surface area contributed by atoms with E-state index in [1.54, 1.807) is 6.07 Å². The number of piperidine rings is 1. The van der Waals surface area contributed by atoms with Crippen molar-refractivity contribution in [3.8, 4) is 5.75 Å². The number of carbonyl (C=O) groups is 2. The number of ether oxygens (including phenoxy) is 1. The molecule has 0 saturated carbocycles. The van der Waals surface area contributed by atoms with Crippen LogP contribution in [0.1, 0.15) is 43.7 Å². The number of carbonyl (C=O) groups excluding carboxylic acids is 1. The number of aliphatic carboxylic acids is 1. The zero-order chi connectivity index (χ0) is 22.7. The Morgan fingerprint density at radius 3 is 2.62 bits per heavy atom. The average Bonchev–Trinajstić information content (AvgIpc) is 2.79. The minimum absolute atomic E-state index is 0.144. The lowest BCUT2D eigenvalue weighted by atomic mass is 9.90. The molecule has 1 atom stereocenters. The molecule has 1 fully saturated rings. The predicted octanol–water partition coefficient (Wildman–Crippen LogP) is 5.03. The highest BCUT2D eigenvalue weighted by Crippen LogP contribution is 2.31. The van der Waals surface area contributed by atoms with Gasteiger partial charge in [0.25, 0.3) is 0 Å². The van der Waals surface area contributed by atoms with Crippen LogP contribution in [-0.4, -0.2) is 40.6 Å². The van der Waals surface area contributed by atoms with E-state index < -0.39 is 11.6 Å². The molecule has 5 nitrogen and oxygen atoms in total. The van der Waals surface area contributed by atoms with Gasteiger partial charge < -0.3 is 14.7 Å². The SMILES string of the molecule is CC(C)(Oc1cccc(C2CCCN(C(=O)Cc3cccc4ccccc34)C2)c1)C(=O)O.